The van der Waals surface area contributed by atoms with Crippen LogP contribution in [0.4, 0.5) is 20.2 Å². The number of sulfonamides is 2. The molecule has 0 aliphatic carbocycles. The fourth-order valence-corrected chi connectivity index (χ4v) is 7.75. The Balaban J connectivity index is 0.000000291. The fourth-order valence-electron chi connectivity index (χ4n) is 5.28. The Hall–Kier alpha value is -4.22. The van der Waals surface area contributed by atoms with Gasteiger partial charge in [-0.3, -0.25) is 8.61 Å². The van der Waals surface area contributed by atoms with Crippen LogP contribution in [0, 0.1) is 11.6 Å². The Morgan fingerprint density at radius 1 is 0.714 bits per heavy atom. The van der Waals surface area contributed by atoms with E-state index in [0.717, 1.165) is 21.1 Å². The van der Waals surface area contributed by atoms with Crippen molar-refractivity contribution < 1.29 is 78.2 Å². The van der Waals surface area contributed by atoms with Gasteiger partial charge in [0.15, 0.2) is 0 Å². The number of anilines is 2. The molecule has 2 aromatic heterocycles. The Bertz CT molecular complexity index is 2650. The first-order valence-electron chi connectivity index (χ1n) is 15.5. The Labute approximate surface area is 349 Å². The number of rotatable bonds is 9. The predicted molar refractivity (Wildman–Crippen MR) is 210 cm³/mol. The third kappa shape index (κ3) is 9.65. The number of hydrogen-bond donors (Lipinski definition) is 1. The summed E-state index contributed by atoms with van der Waals surface area (Å²) in [5.41, 5.74) is 2.16. The van der Waals surface area contributed by atoms with Gasteiger partial charge in [-0.15, -0.1) is 0 Å². The van der Waals surface area contributed by atoms with Gasteiger partial charge in [-0.25, -0.2) is 35.2 Å². The molecule has 0 fully saturated rings. The smallest absolute Gasteiger partial charge is 0.870 e. The van der Waals surface area contributed by atoms with Crippen molar-refractivity contribution >= 4 is 97.2 Å². The van der Waals surface area contributed by atoms with Gasteiger partial charge in [0.05, 0.1) is 30.5 Å². The van der Waals surface area contributed by atoms with Crippen molar-refractivity contribution in [2.75, 3.05) is 41.8 Å². The van der Waals surface area contributed by atoms with Gasteiger partial charge in [0.1, 0.15) is 45.4 Å². The standard InChI is InChI=1S/C19H17BrFNO5S.C17H13BrFNO5S.Li.H2O/c1-4-26-19(23)17-13-9-14(20)15(22(2)28(3,24)25)10-16(13)27-18(17)11-5-7-12(21)8-6-11;1-20(26(2,23)24)13-8-14-11(7-12(13)18)15(17(21)22)16(25-14)9-3-5-10(19)6-4-9;;/h5-10H,4H2,1-3H3;3-8H,1-2H3,(H,21,22);;1H2/q;;+1;/p-1. The molecule has 56 heavy (non-hydrogen) atoms. The maximum atomic E-state index is 13.3. The number of carboxylic acids is 1. The minimum Gasteiger partial charge on any atom is -0.870 e. The second kappa shape index (κ2) is 17.9. The molecule has 0 aliphatic heterocycles. The van der Waals surface area contributed by atoms with E-state index < -0.39 is 43.6 Å². The summed E-state index contributed by atoms with van der Waals surface area (Å²) in [6, 6.07) is 16.8. The van der Waals surface area contributed by atoms with Crippen molar-refractivity contribution in [2.45, 2.75) is 6.92 Å². The van der Waals surface area contributed by atoms with Gasteiger partial charge in [-0.2, -0.15) is 0 Å². The first-order valence-corrected chi connectivity index (χ1v) is 20.8. The van der Waals surface area contributed by atoms with Gasteiger partial charge < -0.3 is 24.2 Å². The molecule has 0 unspecified atom stereocenters. The van der Waals surface area contributed by atoms with E-state index in [1.807, 2.05) is 0 Å². The Morgan fingerprint density at radius 3 is 1.41 bits per heavy atom. The van der Waals surface area contributed by atoms with Gasteiger partial charge in [-0.05, 0) is 99.4 Å². The number of carbonyl (C=O) groups excluding carboxylic acids is 1. The third-order valence-corrected chi connectivity index (χ3v) is 11.7. The van der Waals surface area contributed by atoms with E-state index in [-0.39, 0.29) is 59.2 Å². The van der Waals surface area contributed by atoms with E-state index in [4.69, 9.17) is 13.6 Å². The number of furan rings is 2. The van der Waals surface area contributed by atoms with Crippen LogP contribution in [0.1, 0.15) is 27.6 Å². The number of ether oxygens (including phenoxy) is 1. The van der Waals surface area contributed by atoms with E-state index in [0.29, 0.717) is 47.8 Å². The number of fused-ring (bicyclic) bond motifs is 2. The van der Waals surface area contributed by atoms with Gasteiger partial charge in [-0.1, -0.05) is 0 Å². The molecule has 13 nitrogen and oxygen atoms in total. The van der Waals surface area contributed by atoms with Crippen LogP contribution in [0.5, 0.6) is 0 Å². The summed E-state index contributed by atoms with van der Waals surface area (Å²) in [5.74, 6) is -2.38. The molecular weight excluding hydrogens is 905 g/mol. The summed E-state index contributed by atoms with van der Waals surface area (Å²) in [4.78, 5) is 24.4. The molecule has 0 radical (unpaired) electrons. The van der Waals surface area contributed by atoms with E-state index in [9.17, 15) is 40.3 Å². The van der Waals surface area contributed by atoms with Gasteiger partial charge in [0.2, 0.25) is 20.0 Å². The van der Waals surface area contributed by atoms with Crippen LogP contribution in [0.3, 0.4) is 0 Å². The van der Waals surface area contributed by atoms with Crippen molar-refractivity contribution in [1.82, 2.24) is 0 Å². The van der Waals surface area contributed by atoms with Crippen molar-refractivity contribution in [3.63, 3.8) is 0 Å². The average molecular weight is 937 g/mol. The summed E-state index contributed by atoms with van der Waals surface area (Å²) in [5, 5.41) is 10.4. The summed E-state index contributed by atoms with van der Waals surface area (Å²) in [6.45, 7) is 1.86. The maximum absolute atomic E-state index is 13.3. The first-order chi connectivity index (χ1) is 25.2. The molecule has 4 aromatic carbocycles. The maximum Gasteiger partial charge on any atom is 1.00 e. The summed E-state index contributed by atoms with van der Waals surface area (Å²) >= 11 is 6.64. The minimum atomic E-state index is -3.52. The number of carbonyl (C=O) groups is 2. The van der Waals surface area contributed by atoms with Crippen LogP contribution in [0.25, 0.3) is 44.6 Å². The van der Waals surface area contributed by atoms with Crippen LogP contribution in [-0.4, -0.2) is 72.6 Å². The molecule has 6 rings (SSSR count). The Kier molecular flexibility index (Phi) is 14.8. The number of benzene rings is 4. The molecule has 0 saturated heterocycles. The van der Waals surface area contributed by atoms with Crippen molar-refractivity contribution in [3.8, 4) is 22.6 Å². The van der Waals surface area contributed by atoms with Gasteiger partial charge in [0.25, 0.3) is 0 Å². The molecule has 0 aliphatic rings. The molecule has 0 amide bonds. The molecule has 6 aromatic rings. The van der Waals surface area contributed by atoms with Gasteiger partial charge >= 0.3 is 30.8 Å². The summed E-state index contributed by atoms with van der Waals surface area (Å²) in [6.07, 6.45) is 2.14. The van der Waals surface area contributed by atoms with Gasteiger partial charge in [0, 0.05) is 57.1 Å². The zero-order valence-electron chi connectivity index (χ0n) is 30.4. The number of carboxylic acid groups (broad SMARTS) is 1. The van der Waals surface area contributed by atoms with Crippen LogP contribution in [0.2, 0.25) is 0 Å². The molecule has 0 bridgehead atoms. The molecule has 0 spiro atoms. The summed E-state index contributed by atoms with van der Waals surface area (Å²) < 4.78 is 93.6. The summed E-state index contributed by atoms with van der Waals surface area (Å²) in [7, 11) is -4.23. The molecule has 20 heteroatoms. The topological polar surface area (TPSA) is 195 Å². The minimum absolute atomic E-state index is 0. The first kappa shape index (κ1) is 46.2. The van der Waals surface area contributed by atoms with Crippen molar-refractivity contribution in [2.24, 2.45) is 0 Å². The number of hydrogen-bond acceptors (Lipinski definition) is 10. The van der Waals surface area contributed by atoms with E-state index >= 15 is 0 Å². The number of halogens is 4. The fraction of sp³-hybridized carbons (Fsp3) is 0.167. The monoisotopic (exact) mass is 934 g/mol. The second-order valence-electron chi connectivity index (χ2n) is 11.7. The normalized spacial score (nSPS) is 11.2. The SMILES string of the molecule is CCOC(=O)c1c(-c2ccc(F)cc2)oc2cc(N(C)S(C)(=O)=O)c(Br)cc12.CN(c1cc2oc(-c3ccc(F)cc3)c(C(=O)O)c2cc1Br)S(C)(=O)=O.[Li+].[OH-]. The zero-order valence-corrected chi connectivity index (χ0v) is 35.2. The van der Waals surface area contributed by atoms with Crippen molar-refractivity contribution in [1.29, 1.82) is 0 Å². The number of aromatic carboxylic acids is 1. The van der Waals surface area contributed by atoms with E-state index in [1.54, 1.807) is 13.0 Å². The number of esters is 1. The zero-order chi connectivity index (χ0) is 39.9. The predicted octanol–water partition coefficient (Wildman–Crippen LogP) is 5.50. The Morgan fingerprint density at radius 2 is 1.07 bits per heavy atom. The molecule has 2 N–H and O–H groups in total. The van der Waals surface area contributed by atoms with Crippen LogP contribution < -0.4 is 27.5 Å². The molecule has 2 heterocycles. The van der Waals surface area contributed by atoms with E-state index in [1.165, 1.54) is 80.8 Å². The van der Waals surface area contributed by atoms with E-state index in [2.05, 4.69) is 31.9 Å². The molecule has 292 valence electrons. The molecular formula is C36H31Br2F2LiN2O11S2. The van der Waals surface area contributed by atoms with Crippen LogP contribution in [-0.2, 0) is 24.8 Å². The van der Waals surface area contributed by atoms with Crippen LogP contribution >= 0.6 is 31.9 Å². The van der Waals surface area contributed by atoms with Crippen LogP contribution in [0.15, 0.2) is 90.6 Å². The largest absolute Gasteiger partial charge is 1.00 e. The second-order valence-corrected chi connectivity index (χ2v) is 17.4. The van der Waals surface area contributed by atoms with Crippen molar-refractivity contribution in [3.05, 3.63) is 105 Å². The number of nitrogens with zero attached hydrogens (tertiary/aromatic N) is 2. The average Bonchev–Trinajstić information content (AvgIpc) is 3.65. The molecule has 0 saturated carbocycles. The molecule has 0 atom stereocenters. The quantitative estimate of drug-likeness (QED) is 0.142. The third-order valence-electron chi connectivity index (χ3n) is 8.09.